The van der Waals surface area contributed by atoms with Crippen LogP contribution in [-0.2, 0) is 11.3 Å². The number of nitrogens with zero attached hydrogens (tertiary/aromatic N) is 5. The van der Waals surface area contributed by atoms with E-state index in [1.807, 2.05) is 41.8 Å². The molecule has 5 rings (SSSR count). The van der Waals surface area contributed by atoms with Gasteiger partial charge in [0.2, 0.25) is 0 Å². The molecule has 0 N–H and O–H groups in total. The topological polar surface area (TPSA) is 63.4 Å². The minimum Gasteiger partial charge on any atom is -0.302 e. The van der Waals surface area contributed by atoms with Crippen LogP contribution in [0.3, 0.4) is 0 Å². The minimum absolute atomic E-state index is 0.0551. The normalized spacial score (nSPS) is 15.5. The fourth-order valence-electron chi connectivity index (χ4n) is 4.22. The van der Waals surface area contributed by atoms with Gasteiger partial charge in [0.1, 0.15) is 5.82 Å². The maximum absolute atomic E-state index is 13.4. The second-order valence-electron chi connectivity index (χ2n) is 8.20. The first kappa shape index (κ1) is 22.1. The first-order chi connectivity index (χ1) is 16.6. The first-order valence-corrected chi connectivity index (χ1v) is 12.2. The molecule has 170 valence electrons. The Morgan fingerprint density at radius 1 is 1.06 bits per heavy atom. The van der Waals surface area contributed by atoms with Gasteiger partial charge in [-0.15, -0.1) is 16.8 Å². The molecule has 0 fully saturated rings. The number of aromatic nitrogens is 3. The van der Waals surface area contributed by atoms with Crippen LogP contribution >= 0.6 is 11.8 Å². The van der Waals surface area contributed by atoms with Crippen LogP contribution < -0.4 is 0 Å². The van der Waals surface area contributed by atoms with E-state index in [-0.39, 0.29) is 17.7 Å². The third kappa shape index (κ3) is 4.39. The number of hydrazone groups is 1. The molecule has 0 saturated carbocycles. The van der Waals surface area contributed by atoms with Crippen molar-refractivity contribution in [1.82, 2.24) is 19.8 Å². The van der Waals surface area contributed by atoms with Gasteiger partial charge in [-0.3, -0.25) is 4.79 Å². The molecule has 6 nitrogen and oxygen atoms in total. The summed E-state index contributed by atoms with van der Waals surface area (Å²) in [6.07, 6.45) is 2.47. The number of benzene rings is 3. The van der Waals surface area contributed by atoms with Gasteiger partial charge in [-0.05, 0) is 34.9 Å². The van der Waals surface area contributed by atoms with Crippen molar-refractivity contribution in [3.63, 3.8) is 0 Å². The van der Waals surface area contributed by atoms with Crippen LogP contribution in [-0.4, -0.2) is 37.1 Å². The van der Waals surface area contributed by atoms with Crippen LogP contribution in [0.15, 0.2) is 95.7 Å². The highest BCUT2D eigenvalue weighted by molar-refractivity contribution is 7.99. The van der Waals surface area contributed by atoms with Crippen molar-refractivity contribution in [2.45, 2.75) is 31.1 Å². The zero-order chi connectivity index (χ0) is 23.5. The monoisotopic (exact) mass is 467 g/mol. The minimum atomic E-state index is -0.136. The second-order valence-corrected chi connectivity index (χ2v) is 9.14. The molecule has 1 aliphatic rings. The fraction of sp³-hybridized carbons (Fsp3) is 0.185. The molecule has 0 bridgehead atoms. The average Bonchev–Trinajstić information content (AvgIpc) is 3.47. The van der Waals surface area contributed by atoms with E-state index in [0.717, 1.165) is 28.0 Å². The number of amides is 1. The Morgan fingerprint density at radius 2 is 1.82 bits per heavy atom. The SMILES string of the molecule is C=CCn1c(C)nnc1SCC(=O)N1N=C(c2ccc3ccccc3c2)CC1c1ccccc1. The molecular formula is C27H25N5OS. The molecule has 3 aromatic carbocycles. The van der Waals surface area contributed by atoms with Crippen molar-refractivity contribution in [1.29, 1.82) is 0 Å². The van der Waals surface area contributed by atoms with Gasteiger partial charge < -0.3 is 4.57 Å². The number of fused-ring (bicyclic) bond motifs is 1. The predicted octanol–water partition coefficient (Wildman–Crippen LogP) is 5.40. The lowest BCUT2D eigenvalue weighted by Crippen LogP contribution is -2.28. The van der Waals surface area contributed by atoms with Gasteiger partial charge in [0.15, 0.2) is 5.16 Å². The number of hydrogen-bond acceptors (Lipinski definition) is 5. The smallest absolute Gasteiger partial charge is 0.253 e. The van der Waals surface area contributed by atoms with E-state index >= 15 is 0 Å². The highest BCUT2D eigenvalue weighted by atomic mass is 32.2. The second kappa shape index (κ2) is 9.65. The summed E-state index contributed by atoms with van der Waals surface area (Å²) in [6, 6.07) is 24.6. The highest BCUT2D eigenvalue weighted by Crippen LogP contribution is 2.34. The number of rotatable bonds is 7. The van der Waals surface area contributed by atoms with Crippen molar-refractivity contribution < 1.29 is 4.79 Å². The van der Waals surface area contributed by atoms with Crippen LogP contribution in [0, 0.1) is 6.92 Å². The van der Waals surface area contributed by atoms with Crippen molar-refractivity contribution >= 4 is 34.2 Å². The molecule has 34 heavy (non-hydrogen) atoms. The van der Waals surface area contributed by atoms with E-state index in [9.17, 15) is 4.79 Å². The summed E-state index contributed by atoms with van der Waals surface area (Å²) in [7, 11) is 0. The maximum Gasteiger partial charge on any atom is 0.253 e. The van der Waals surface area contributed by atoms with Gasteiger partial charge in [-0.1, -0.05) is 84.6 Å². The molecule has 1 aliphatic heterocycles. The average molecular weight is 468 g/mol. The zero-order valence-electron chi connectivity index (χ0n) is 19.0. The lowest BCUT2D eigenvalue weighted by atomic mass is 9.97. The molecule has 0 spiro atoms. The van der Waals surface area contributed by atoms with E-state index in [0.29, 0.717) is 18.1 Å². The van der Waals surface area contributed by atoms with Gasteiger partial charge >= 0.3 is 0 Å². The summed E-state index contributed by atoms with van der Waals surface area (Å²) in [5.74, 6) is 0.975. The third-order valence-electron chi connectivity index (χ3n) is 5.97. The van der Waals surface area contributed by atoms with Crippen LogP contribution in [0.5, 0.6) is 0 Å². The van der Waals surface area contributed by atoms with Crippen LogP contribution in [0.4, 0.5) is 0 Å². The van der Waals surface area contributed by atoms with E-state index in [1.165, 1.54) is 17.1 Å². The summed E-state index contributed by atoms with van der Waals surface area (Å²) >= 11 is 1.38. The van der Waals surface area contributed by atoms with E-state index in [4.69, 9.17) is 5.10 Å². The number of carbonyl (C=O) groups is 1. The highest BCUT2D eigenvalue weighted by Gasteiger charge is 2.33. The first-order valence-electron chi connectivity index (χ1n) is 11.2. The summed E-state index contributed by atoms with van der Waals surface area (Å²) in [5, 5.41) is 17.9. The summed E-state index contributed by atoms with van der Waals surface area (Å²) in [5.41, 5.74) is 3.04. The molecule has 1 amide bonds. The van der Waals surface area contributed by atoms with E-state index < -0.39 is 0 Å². The summed E-state index contributed by atoms with van der Waals surface area (Å²) in [4.78, 5) is 13.4. The summed E-state index contributed by atoms with van der Waals surface area (Å²) in [6.45, 7) is 6.30. The third-order valence-corrected chi connectivity index (χ3v) is 6.92. The van der Waals surface area contributed by atoms with E-state index in [1.54, 1.807) is 11.1 Å². The lowest BCUT2D eigenvalue weighted by molar-refractivity contribution is -0.130. The molecule has 0 aliphatic carbocycles. The Balaban J connectivity index is 1.42. The number of thioether (sulfide) groups is 1. The lowest BCUT2D eigenvalue weighted by Gasteiger charge is -2.21. The molecule has 4 aromatic rings. The molecular weight excluding hydrogens is 442 g/mol. The molecule has 0 saturated heterocycles. The molecule has 2 heterocycles. The fourth-order valence-corrected chi connectivity index (χ4v) is 5.06. The van der Waals surface area contributed by atoms with Gasteiger partial charge in [0.05, 0.1) is 17.5 Å². The Kier molecular flexibility index (Phi) is 6.27. The van der Waals surface area contributed by atoms with Crippen molar-refractivity contribution in [2.75, 3.05) is 5.75 Å². The van der Waals surface area contributed by atoms with Gasteiger partial charge in [-0.25, -0.2) is 5.01 Å². The van der Waals surface area contributed by atoms with Gasteiger partial charge in [0.25, 0.3) is 5.91 Å². The quantitative estimate of drug-likeness (QED) is 0.270. The molecule has 0 radical (unpaired) electrons. The Labute approximate surface area is 203 Å². The van der Waals surface area contributed by atoms with Crippen molar-refractivity contribution in [3.8, 4) is 0 Å². The van der Waals surface area contributed by atoms with Gasteiger partial charge in [-0.2, -0.15) is 5.10 Å². The molecule has 1 unspecified atom stereocenters. The van der Waals surface area contributed by atoms with E-state index in [2.05, 4.69) is 59.2 Å². The Morgan fingerprint density at radius 3 is 2.62 bits per heavy atom. The number of carbonyl (C=O) groups excluding carboxylic acids is 1. The summed E-state index contributed by atoms with van der Waals surface area (Å²) < 4.78 is 1.95. The van der Waals surface area contributed by atoms with Crippen molar-refractivity contribution in [2.24, 2.45) is 5.10 Å². The largest absolute Gasteiger partial charge is 0.302 e. The van der Waals surface area contributed by atoms with Crippen LogP contribution in [0.25, 0.3) is 10.8 Å². The zero-order valence-corrected chi connectivity index (χ0v) is 19.8. The molecule has 1 aromatic heterocycles. The number of allylic oxidation sites excluding steroid dienone is 1. The molecule has 1 atom stereocenters. The number of hydrogen-bond donors (Lipinski definition) is 0. The molecule has 7 heteroatoms. The van der Waals surface area contributed by atoms with Crippen LogP contribution in [0.1, 0.15) is 29.4 Å². The van der Waals surface area contributed by atoms with Crippen LogP contribution in [0.2, 0.25) is 0 Å². The van der Waals surface area contributed by atoms with Gasteiger partial charge in [0, 0.05) is 13.0 Å². The van der Waals surface area contributed by atoms with Crippen molar-refractivity contribution in [3.05, 3.63) is 102 Å². The standard InChI is InChI=1S/C27H25N5OS/c1-3-15-31-19(2)28-29-27(31)34-18-26(33)32-25(21-10-5-4-6-11-21)17-24(30-32)23-14-13-20-9-7-8-12-22(20)16-23/h3-14,16,25H,1,15,17-18H2,2H3. The number of aryl methyl sites for hydroxylation is 1. The predicted molar refractivity (Wildman–Crippen MR) is 137 cm³/mol. The maximum atomic E-state index is 13.4. The Hall–Kier alpha value is -3.71. The Bertz CT molecular complexity index is 1380.